The number of esters is 1. The van der Waals surface area contributed by atoms with Gasteiger partial charge < -0.3 is 24.8 Å². The van der Waals surface area contributed by atoms with Crippen molar-refractivity contribution in [1.29, 1.82) is 0 Å². The summed E-state index contributed by atoms with van der Waals surface area (Å²) in [6, 6.07) is 9.73. The van der Waals surface area contributed by atoms with Crippen LogP contribution in [0.25, 0.3) is 0 Å². The molecule has 0 spiro atoms. The largest absolute Gasteiger partial charge is 0.493 e. The summed E-state index contributed by atoms with van der Waals surface area (Å²) in [5.41, 5.74) is 1.37. The minimum absolute atomic E-state index is 0.00310. The number of aryl methyl sites for hydroxylation is 1. The topological polar surface area (TPSA) is 120 Å². The molecule has 1 atom stereocenters. The van der Waals surface area contributed by atoms with E-state index >= 15 is 0 Å². The average molecular weight is 489 g/mol. The standard InChI is InChI=1S/C24H28N2O7S/c1-5-32-19-12-9-16(13-20(19)31-4)22-21(23(27)33-6-2)18(25-24(28)26-22)14-34(29,30)17-10-7-15(3)8-11-17/h7-13,22H,5-6,14H2,1-4H3,(H2,25,26,28). The normalized spacial score (nSPS) is 15.9. The highest BCUT2D eigenvalue weighted by atomic mass is 32.2. The van der Waals surface area contributed by atoms with Crippen molar-refractivity contribution in [3.05, 3.63) is 64.9 Å². The Morgan fingerprint density at radius 3 is 2.35 bits per heavy atom. The van der Waals surface area contributed by atoms with Crippen LogP contribution in [0, 0.1) is 6.92 Å². The molecule has 1 heterocycles. The minimum Gasteiger partial charge on any atom is -0.493 e. The van der Waals surface area contributed by atoms with Crippen LogP contribution in [0.5, 0.6) is 11.5 Å². The Balaban J connectivity index is 2.10. The molecule has 1 aliphatic heterocycles. The number of nitrogens with one attached hydrogen (secondary N) is 2. The van der Waals surface area contributed by atoms with Crippen molar-refractivity contribution in [3.63, 3.8) is 0 Å². The van der Waals surface area contributed by atoms with Crippen LogP contribution in [0.15, 0.2) is 58.6 Å². The van der Waals surface area contributed by atoms with E-state index in [1.165, 1.54) is 19.2 Å². The van der Waals surface area contributed by atoms with Gasteiger partial charge in [0.05, 0.1) is 42.6 Å². The number of hydrogen-bond donors (Lipinski definition) is 2. The van der Waals surface area contributed by atoms with Gasteiger partial charge in [0.25, 0.3) is 0 Å². The van der Waals surface area contributed by atoms with E-state index in [1.807, 2.05) is 13.8 Å². The highest BCUT2D eigenvalue weighted by Gasteiger charge is 2.36. The number of carbonyl (C=O) groups is 2. The molecule has 0 radical (unpaired) electrons. The van der Waals surface area contributed by atoms with E-state index in [2.05, 4.69) is 10.6 Å². The fourth-order valence-corrected chi connectivity index (χ4v) is 4.91. The Bertz CT molecular complexity index is 1200. The van der Waals surface area contributed by atoms with Crippen molar-refractivity contribution in [3.8, 4) is 11.5 Å². The molecule has 0 aliphatic carbocycles. The maximum atomic E-state index is 13.1. The zero-order valence-electron chi connectivity index (χ0n) is 19.5. The van der Waals surface area contributed by atoms with E-state index in [0.717, 1.165) is 5.56 Å². The van der Waals surface area contributed by atoms with Crippen LogP contribution in [0.3, 0.4) is 0 Å². The van der Waals surface area contributed by atoms with Gasteiger partial charge in [0.15, 0.2) is 21.3 Å². The Kier molecular flexibility index (Phi) is 7.83. The zero-order valence-corrected chi connectivity index (χ0v) is 20.3. The maximum Gasteiger partial charge on any atom is 0.338 e. The number of hydrogen-bond acceptors (Lipinski definition) is 7. The van der Waals surface area contributed by atoms with Crippen LogP contribution in [-0.4, -0.2) is 46.5 Å². The first kappa shape index (κ1) is 25.1. The second-order valence-corrected chi connectivity index (χ2v) is 9.55. The van der Waals surface area contributed by atoms with Crippen LogP contribution in [-0.2, 0) is 19.4 Å². The Morgan fingerprint density at radius 1 is 1.03 bits per heavy atom. The number of ether oxygens (including phenoxy) is 3. The fraction of sp³-hybridized carbons (Fsp3) is 0.333. The second kappa shape index (κ2) is 10.6. The van der Waals surface area contributed by atoms with E-state index in [1.54, 1.807) is 37.3 Å². The lowest BCUT2D eigenvalue weighted by Gasteiger charge is -2.29. The molecule has 0 fully saturated rings. The molecule has 0 saturated carbocycles. The number of amides is 2. The number of rotatable bonds is 9. The highest BCUT2D eigenvalue weighted by Crippen LogP contribution is 2.35. The fourth-order valence-electron chi connectivity index (χ4n) is 3.59. The summed E-state index contributed by atoms with van der Waals surface area (Å²) in [6.45, 7) is 5.83. The monoisotopic (exact) mass is 488 g/mol. The third-order valence-electron chi connectivity index (χ3n) is 5.18. The van der Waals surface area contributed by atoms with Gasteiger partial charge in [-0.3, -0.25) is 0 Å². The van der Waals surface area contributed by atoms with Crippen molar-refractivity contribution in [2.75, 3.05) is 26.1 Å². The first-order valence-electron chi connectivity index (χ1n) is 10.8. The lowest BCUT2D eigenvalue weighted by molar-refractivity contribution is -0.139. The second-order valence-electron chi connectivity index (χ2n) is 7.56. The van der Waals surface area contributed by atoms with Crippen molar-refractivity contribution in [1.82, 2.24) is 10.6 Å². The predicted molar refractivity (Wildman–Crippen MR) is 125 cm³/mol. The molecule has 0 aromatic heterocycles. The average Bonchev–Trinajstić information content (AvgIpc) is 2.79. The van der Waals surface area contributed by atoms with Crippen LogP contribution in [0.1, 0.15) is 31.0 Å². The number of benzene rings is 2. The Labute approximate surface area is 199 Å². The summed E-state index contributed by atoms with van der Waals surface area (Å²) in [5.74, 6) is -0.411. The number of urea groups is 1. The van der Waals surface area contributed by atoms with E-state index in [-0.39, 0.29) is 22.8 Å². The molecule has 9 nitrogen and oxygen atoms in total. The van der Waals surface area contributed by atoms with Crippen LogP contribution < -0.4 is 20.1 Å². The van der Waals surface area contributed by atoms with Gasteiger partial charge in [0, 0.05) is 5.70 Å². The van der Waals surface area contributed by atoms with E-state index in [4.69, 9.17) is 14.2 Å². The van der Waals surface area contributed by atoms with Gasteiger partial charge in [0.2, 0.25) is 0 Å². The van der Waals surface area contributed by atoms with Gasteiger partial charge >= 0.3 is 12.0 Å². The number of sulfone groups is 1. The molecule has 34 heavy (non-hydrogen) atoms. The maximum absolute atomic E-state index is 13.1. The molecule has 2 aromatic rings. The SMILES string of the molecule is CCOC(=O)C1=C(CS(=O)(=O)c2ccc(C)cc2)NC(=O)NC1c1ccc(OCC)c(OC)c1. The summed E-state index contributed by atoms with van der Waals surface area (Å²) >= 11 is 0. The third kappa shape index (κ3) is 5.51. The van der Waals surface area contributed by atoms with Crippen molar-refractivity contribution < 1.29 is 32.2 Å². The molecule has 3 rings (SSSR count). The summed E-state index contributed by atoms with van der Waals surface area (Å²) in [7, 11) is -2.39. The lowest BCUT2D eigenvalue weighted by atomic mass is 9.95. The van der Waals surface area contributed by atoms with Gasteiger partial charge in [-0.1, -0.05) is 23.8 Å². The quantitative estimate of drug-likeness (QED) is 0.521. The Morgan fingerprint density at radius 2 is 1.74 bits per heavy atom. The van der Waals surface area contributed by atoms with E-state index < -0.39 is 33.6 Å². The minimum atomic E-state index is -3.87. The number of methoxy groups -OCH3 is 1. The molecule has 1 aliphatic rings. The van der Waals surface area contributed by atoms with Gasteiger partial charge in [0.1, 0.15) is 0 Å². The van der Waals surface area contributed by atoms with Crippen LogP contribution in [0.4, 0.5) is 4.79 Å². The molecule has 10 heteroatoms. The smallest absolute Gasteiger partial charge is 0.338 e. The summed E-state index contributed by atoms with van der Waals surface area (Å²) in [5, 5.41) is 5.18. The summed E-state index contributed by atoms with van der Waals surface area (Å²) in [4.78, 5) is 25.6. The van der Waals surface area contributed by atoms with E-state index in [9.17, 15) is 18.0 Å². The molecule has 0 saturated heterocycles. The van der Waals surface area contributed by atoms with Gasteiger partial charge in [-0.05, 0) is 50.6 Å². The Hall–Kier alpha value is -3.53. The van der Waals surface area contributed by atoms with Crippen LogP contribution in [0.2, 0.25) is 0 Å². The molecule has 1 unspecified atom stereocenters. The molecule has 2 amide bonds. The van der Waals surface area contributed by atoms with Gasteiger partial charge in [-0.25, -0.2) is 18.0 Å². The number of carbonyl (C=O) groups excluding carboxylic acids is 2. The zero-order chi connectivity index (χ0) is 24.9. The predicted octanol–water partition coefficient (Wildman–Crippen LogP) is 3.05. The lowest BCUT2D eigenvalue weighted by Crippen LogP contribution is -2.47. The first-order chi connectivity index (χ1) is 16.2. The van der Waals surface area contributed by atoms with Gasteiger partial charge in [-0.2, -0.15) is 0 Å². The molecule has 2 aromatic carbocycles. The molecule has 182 valence electrons. The van der Waals surface area contributed by atoms with Crippen molar-refractivity contribution in [2.45, 2.75) is 31.7 Å². The van der Waals surface area contributed by atoms with Gasteiger partial charge in [-0.15, -0.1) is 0 Å². The molecule has 0 bridgehead atoms. The third-order valence-corrected chi connectivity index (χ3v) is 6.84. The summed E-state index contributed by atoms with van der Waals surface area (Å²) < 4.78 is 42.4. The summed E-state index contributed by atoms with van der Waals surface area (Å²) in [6.07, 6.45) is 0. The highest BCUT2D eigenvalue weighted by molar-refractivity contribution is 7.91. The van der Waals surface area contributed by atoms with Crippen LogP contribution >= 0.6 is 0 Å². The molecule has 2 N–H and O–H groups in total. The van der Waals surface area contributed by atoms with Crippen molar-refractivity contribution in [2.24, 2.45) is 0 Å². The first-order valence-corrected chi connectivity index (χ1v) is 12.4. The molecular weight excluding hydrogens is 460 g/mol. The molecular formula is C24H28N2O7S. The van der Waals surface area contributed by atoms with E-state index in [0.29, 0.717) is 23.7 Å². The van der Waals surface area contributed by atoms with Crippen molar-refractivity contribution >= 4 is 21.8 Å².